The minimum absolute atomic E-state index is 0.242. The lowest BCUT2D eigenvalue weighted by Gasteiger charge is -2.04. The molecule has 1 heterocycles. The quantitative estimate of drug-likeness (QED) is 0.780. The van der Waals surface area contributed by atoms with Gasteiger partial charge in [0.05, 0.1) is 0 Å². The van der Waals surface area contributed by atoms with Gasteiger partial charge >= 0.3 is 0 Å². The lowest BCUT2D eigenvalue weighted by molar-refractivity contribution is 0.612. The van der Waals surface area contributed by atoms with Crippen LogP contribution in [0.4, 0.5) is 4.39 Å². The van der Waals surface area contributed by atoms with Crippen molar-refractivity contribution in [2.45, 2.75) is 19.8 Å². The number of aryl methyl sites for hydroxylation is 1. The molecule has 0 aliphatic carbocycles. The summed E-state index contributed by atoms with van der Waals surface area (Å²) in [5.74, 6) is 0.313. The smallest absolute Gasteiger partial charge is 0.134 e. The highest BCUT2D eigenvalue weighted by atomic mass is 35.5. The molecule has 1 aromatic heterocycles. The molecule has 0 saturated heterocycles. The molecule has 2 nitrogen and oxygen atoms in total. The van der Waals surface area contributed by atoms with Gasteiger partial charge in [0.2, 0.25) is 0 Å². The minimum atomic E-state index is -0.242. The monoisotopic (exact) mass is 250 g/mol. The van der Waals surface area contributed by atoms with Crippen LogP contribution >= 0.6 is 11.6 Å². The van der Waals surface area contributed by atoms with E-state index >= 15 is 0 Å². The summed E-state index contributed by atoms with van der Waals surface area (Å²) in [6.45, 7) is 1.99. The van der Waals surface area contributed by atoms with E-state index in [9.17, 15) is 4.39 Å². The lowest BCUT2D eigenvalue weighted by atomic mass is 10.1. The molecule has 0 amide bonds. The normalized spacial score (nSPS) is 10.5. The minimum Gasteiger partial charge on any atom is -0.237 e. The van der Waals surface area contributed by atoms with Crippen molar-refractivity contribution in [3.8, 4) is 0 Å². The molecule has 88 valence electrons. The Morgan fingerprint density at radius 3 is 2.71 bits per heavy atom. The SMILES string of the molecule is CCc1cc(Cl)nc(Cc2ccccc2F)n1. The first kappa shape index (κ1) is 12.0. The van der Waals surface area contributed by atoms with Crippen molar-refractivity contribution in [1.82, 2.24) is 9.97 Å². The number of rotatable bonds is 3. The molecule has 0 radical (unpaired) electrons. The summed E-state index contributed by atoms with van der Waals surface area (Å²) in [4.78, 5) is 8.43. The Kier molecular flexibility index (Phi) is 3.69. The lowest BCUT2D eigenvalue weighted by Crippen LogP contribution is -2.01. The van der Waals surface area contributed by atoms with Crippen molar-refractivity contribution in [2.24, 2.45) is 0 Å². The second kappa shape index (κ2) is 5.23. The summed E-state index contributed by atoms with van der Waals surface area (Å²) >= 11 is 5.89. The standard InChI is InChI=1S/C13H12ClFN2/c1-2-10-8-12(14)17-13(16-10)7-9-5-3-4-6-11(9)15/h3-6,8H,2,7H2,1H3. The second-order valence-corrected chi connectivity index (χ2v) is 4.11. The Hall–Kier alpha value is -1.48. The fourth-order valence-electron chi connectivity index (χ4n) is 1.59. The molecule has 1 aromatic carbocycles. The Bertz CT molecular complexity index is 529. The number of halogens is 2. The van der Waals surface area contributed by atoms with E-state index in [1.54, 1.807) is 24.3 Å². The van der Waals surface area contributed by atoms with Crippen molar-refractivity contribution >= 4 is 11.6 Å². The van der Waals surface area contributed by atoms with Crippen LogP contribution in [0.1, 0.15) is 24.0 Å². The van der Waals surface area contributed by atoms with E-state index < -0.39 is 0 Å². The van der Waals surface area contributed by atoms with Gasteiger partial charge in [0.25, 0.3) is 0 Å². The van der Waals surface area contributed by atoms with E-state index in [1.807, 2.05) is 6.92 Å². The Morgan fingerprint density at radius 2 is 2.00 bits per heavy atom. The first-order chi connectivity index (χ1) is 8.19. The number of hydrogen-bond donors (Lipinski definition) is 0. The highest BCUT2D eigenvalue weighted by Crippen LogP contribution is 2.13. The predicted octanol–water partition coefficient (Wildman–Crippen LogP) is 3.42. The van der Waals surface area contributed by atoms with Crippen molar-refractivity contribution in [2.75, 3.05) is 0 Å². The van der Waals surface area contributed by atoms with E-state index in [-0.39, 0.29) is 5.82 Å². The topological polar surface area (TPSA) is 25.8 Å². The zero-order chi connectivity index (χ0) is 12.3. The van der Waals surface area contributed by atoms with Crippen LogP contribution in [0.25, 0.3) is 0 Å². The maximum atomic E-state index is 13.5. The molecule has 0 atom stereocenters. The Balaban J connectivity index is 2.30. The van der Waals surface area contributed by atoms with Crippen LogP contribution in [-0.4, -0.2) is 9.97 Å². The van der Waals surface area contributed by atoms with Gasteiger partial charge in [-0.25, -0.2) is 14.4 Å². The van der Waals surface area contributed by atoms with Gasteiger partial charge in [-0.15, -0.1) is 0 Å². The van der Waals surface area contributed by atoms with Gasteiger partial charge in [-0.3, -0.25) is 0 Å². The molecule has 17 heavy (non-hydrogen) atoms. The van der Waals surface area contributed by atoms with Crippen LogP contribution in [0.3, 0.4) is 0 Å². The van der Waals surface area contributed by atoms with Crippen LogP contribution in [0.2, 0.25) is 5.15 Å². The molecular weight excluding hydrogens is 239 g/mol. The first-order valence-electron chi connectivity index (χ1n) is 5.44. The number of hydrogen-bond acceptors (Lipinski definition) is 2. The second-order valence-electron chi connectivity index (χ2n) is 3.72. The molecule has 0 bridgehead atoms. The highest BCUT2D eigenvalue weighted by Gasteiger charge is 2.06. The van der Waals surface area contributed by atoms with Crippen molar-refractivity contribution in [3.05, 3.63) is 58.4 Å². The molecule has 4 heteroatoms. The maximum Gasteiger partial charge on any atom is 0.134 e. The van der Waals surface area contributed by atoms with Gasteiger partial charge < -0.3 is 0 Å². The average Bonchev–Trinajstić information content (AvgIpc) is 2.31. The van der Waals surface area contributed by atoms with E-state index in [1.165, 1.54) is 6.07 Å². The third-order valence-corrected chi connectivity index (χ3v) is 2.66. The molecule has 0 spiro atoms. The van der Waals surface area contributed by atoms with Gasteiger partial charge in [-0.05, 0) is 24.1 Å². The third kappa shape index (κ3) is 3.01. The van der Waals surface area contributed by atoms with Gasteiger partial charge in [-0.1, -0.05) is 36.7 Å². The van der Waals surface area contributed by atoms with Gasteiger partial charge in [0, 0.05) is 12.1 Å². The number of aromatic nitrogens is 2. The molecule has 0 aliphatic rings. The van der Waals surface area contributed by atoms with Crippen LogP contribution in [0, 0.1) is 5.82 Å². The summed E-state index contributed by atoms with van der Waals surface area (Å²) < 4.78 is 13.5. The Labute approximate surface area is 104 Å². The van der Waals surface area contributed by atoms with Crippen molar-refractivity contribution in [3.63, 3.8) is 0 Å². The average molecular weight is 251 g/mol. The highest BCUT2D eigenvalue weighted by molar-refractivity contribution is 6.29. The third-order valence-electron chi connectivity index (χ3n) is 2.46. The van der Waals surface area contributed by atoms with E-state index in [4.69, 9.17) is 11.6 Å². The van der Waals surface area contributed by atoms with Crippen LogP contribution in [-0.2, 0) is 12.8 Å². The summed E-state index contributed by atoms with van der Waals surface area (Å²) in [6.07, 6.45) is 1.15. The summed E-state index contributed by atoms with van der Waals surface area (Å²) in [5.41, 5.74) is 1.45. The van der Waals surface area contributed by atoms with Crippen molar-refractivity contribution < 1.29 is 4.39 Å². The Morgan fingerprint density at radius 1 is 1.24 bits per heavy atom. The molecule has 0 aliphatic heterocycles. The molecule has 0 fully saturated rings. The number of benzene rings is 1. The molecule has 0 unspecified atom stereocenters. The van der Waals surface area contributed by atoms with E-state index in [0.29, 0.717) is 23.0 Å². The molecule has 2 aromatic rings. The molecule has 0 saturated carbocycles. The summed E-state index contributed by atoms with van der Waals surface area (Å²) in [7, 11) is 0. The van der Waals surface area contributed by atoms with Gasteiger partial charge in [0.15, 0.2) is 0 Å². The van der Waals surface area contributed by atoms with Crippen LogP contribution in [0.5, 0.6) is 0 Å². The van der Waals surface area contributed by atoms with E-state index in [2.05, 4.69) is 9.97 Å². The maximum absolute atomic E-state index is 13.5. The number of nitrogens with zero attached hydrogens (tertiary/aromatic N) is 2. The summed E-state index contributed by atoms with van der Waals surface area (Å²) in [6, 6.07) is 8.34. The zero-order valence-electron chi connectivity index (χ0n) is 9.45. The molecule has 2 rings (SSSR count). The van der Waals surface area contributed by atoms with Gasteiger partial charge in [0.1, 0.15) is 16.8 Å². The molecular formula is C13H12ClFN2. The van der Waals surface area contributed by atoms with Crippen molar-refractivity contribution in [1.29, 1.82) is 0 Å². The fraction of sp³-hybridized carbons (Fsp3) is 0.231. The zero-order valence-corrected chi connectivity index (χ0v) is 10.2. The molecule has 0 N–H and O–H groups in total. The van der Waals surface area contributed by atoms with Crippen LogP contribution in [0.15, 0.2) is 30.3 Å². The largest absolute Gasteiger partial charge is 0.237 e. The predicted molar refractivity (Wildman–Crippen MR) is 65.6 cm³/mol. The van der Waals surface area contributed by atoms with Gasteiger partial charge in [-0.2, -0.15) is 0 Å². The van der Waals surface area contributed by atoms with E-state index in [0.717, 1.165) is 12.1 Å². The van der Waals surface area contributed by atoms with Crippen LogP contribution < -0.4 is 0 Å². The first-order valence-corrected chi connectivity index (χ1v) is 5.82. The fourth-order valence-corrected chi connectivity index (χ4v) is 1.81. The summed E-state index contributed by atoms with van der Waals surface area (Å²) in [5, 5.41) is 0.406.